The van der Waals surface area contributed by atoms with Gasteiger partial charge in [-0.1, -0.05) is 0 Å². The van der Waals surface area contributed by atoms with Crippen LogP contribution in [-0.2, 0) is 6.54 Å². The van der Waals surface area contributed by atoms with Gasteiger partial charge in [0.15, 0.2) is 0 Å². The zero-order valence-electron chi connectivity index (χ0n) is 9.92. The summed E-state index contributed by atoms with van der Waals surface area (Å²) in [6.07, 6.45) is 4.08. The first-order chi connectivity index (χ1) is 8.05. The molecule has 1 aliphatic rings. The van der Waals surface area contributed by atoms with E-state index in [1.807, 2.05) is 6.92 Å². The van der Waals surface area contributed by atoms with Gasteiger partial charge in [0.25, 0.3) is 0 Å². The van der Waals surface area contributed by atoms with Crippen LogP contribution < -0.4 is 5.32 Å². The van der Waals surface area contributed by atoms with Gasteiger partial charge in [0, 0.05) is 31.8 Å². The van der Waals surface area contributed by atoms with Crippen molar-refractivity contribution in [2.24, 2.45) is 5.92 Å². The number of hydrogen-bond acceptors (Lipinski definition) is 3. The fraction of sp³-hybridized carbons (Fsp3) is 0.667. The molecule has 1 aromatic heterocycles. The number of rotatable bonds is 4. The topological polar surface area (TPSA) is 37.8 Å². The lowest BCUT2D eigenvalue weighted by Crippen LogP contribution is -2.22. The van der Waals surface area contributed by atoms with Crippen molar-refractivity contribution in [1.29, 1.82) is 0 Å². The van der Waals surface area contributed by atoms with E-state index >= 15 is 0 Å². The van der Waals surface area contributed by atoms with Crippen molar-refractivity contribution in [1.82, 2.24) is 15.3 Å². The Kier molecular flexibility index (Phi) is 3.66. The normalized spacial score (nSPS) is 22.9. The SMILES string of the molecule is Cc1cnc(CNCC2CCC(F)(F)C2)cn1. The molecule has 1 aromatic rings. The standard InChI is InChI=1S/C12H17F2N3/c1-9-5-17-11(8-16-9)7-15-6-10-2-3-12(13,14)4-10/h5,8,10,15H,2-4,6-7H2,1H3. The fourth-order valence-electron chi connectivity index (χ4n) is 2.13. The summed E-state index contributed by atoms with van der Waals surface area (Å²) in [7, 11) is 0. The maximum Gasteiger partial charge on any atom is 0.248 e. The Morgan fingerprint density at radius 3 is 2.82 bits per heavy atom. The van der Waals surface area contributed by atoms with E-state index in [-0.39, 0.29) is 18.8 Å². The molecule has 5 heteroatoms. The molecule has 1 fully saturated rings. The summed E-state index contributed by atoms with van der Waals surface area (Å²) in [5.74, 6) is -2.36. The highest BCUT2D eigenvalue weighted by molar-refractivity contribution is 5.00. The fourth-order valence-corrected chi connectivity index (χ4v) is 2.13. The second-order valence-electron chi connectivity index (χ2n) is 4.74. The van der Waals surface area contributed by atoms with Gasteiger partial charge in [-0.05, 0) is 25.8 Å². The molecule has 1 aliphatic carbocycles. The first-order valence-corrected chi connectivity index (χ1v) is 5.91. The number of alkyl halides is 2. The van der Waals surface area contributed by atoms with E-state index in [4.69, 9.17) is 0 Å². The van der Waals surface area contributed by atoms with Crippen LogP contribution in [0.15, 0.2) is 12.4 Å². The summed E-state index contributed by atoms with van der Waals surface area (Å²) in [6, 6.07) is 0. The predicted molar refractivity (Wildman–Crippen MR) is 60.8 cm³/mol. The third kappa shape index (κ3) is 3.70. The van der Waals surface area contributed by atoms with Gasteiger partial charge < -0.3 is 5.32 Å². The Balaban J connectivity index is 1.71. The van der Waals surface area contributed by atoms with Crippen LogP contribution in [0.2, 0.25) is 0 Å². The zero-order valence-corrected chi connectivity index (χ0v) is 9.92. The molecule has 1 N–H and O–H groups in total. The summed E-state index contributed by atoms with van der Waals surface area (Å²) in [5, 5.41) is 3.17. The summed E-state index contributed by atoms with van der Waals surface area (Å²) in [6.45, 7) is 3.10. The van der Waals surface area contributed by atoms with Crippen molar-refractivity contribution in [3.8, 4) is 0 Å². The molecule has 1 heterocycles. The number of hydrogen-bond donors (Lipinski definition) is 1. The molecule has 0 aromatic carbocycles. The molecule has 0 saturated heterocycles. The first-order valence-electron chi connectivity index (χ1n) is 5.91. The molecule has 0 amide bonds. The van der Waals surface area contributed by atoms with E-state index < -0.39 is 5.92 Å². The Bertz CT molecular complexity index is 365. The van der Waals surface area contributed by atoms with Gasteiger partial charge in [-0.25, -0.2) is 8.78 Å². The van der Waals surface area contributed by atoms with Crippen LogP contribution in [0.3, 0.4) is 0 Å². The van der Waals surface area contributed by atoms with Gasteiger partial charge in [0.2, 0.25) is 5.92 Å². The van der Waals surface area contributed by atoms with Crippen molar-refractivity contribution in [2.75, 3.05) is 6.54 Å². The molecule has 17 heavy (non-hydrogen) atoms. The summed E-state index contributed by atoms with van der Waals surface area (Å²) in [5.41, 5.74) is 1.73. The van der Waals surface area contributed by atoms with E-state index in [2.05, 4.69) is 15.3 Å². The summed E-state index contributed by atoms with van der Waals surface area (Å²) >= 11 is 0. The minimum Gasteiger partial charge on any atom is -0.311 e. The number of aromatic nitrogens is 2. The zero-order chi connectivity index (χ0) is 12.3. The lowest BCUT2D eigenvalue weighted by Gasteiger charge is -2.11. The number of nitrogens with zero attached hydrogens (tertiary/aromatic N) is 2. The smallest absolute Gasteiger partial charge is 0.248 e. The van der Waals surface area contributed by atoms with Crippen molar-refractivity contribution >= 4 is 0 Å². The van der Waals surface area contributed by atoms with Crippen LogP contribution in [0.4, 0.5) is 8.78 Å². The Labute approximate surface area is 99.7 Å². The highest BCUT2D eigenvalue weighted by atomic mass is 19.3. The molecule has 0 spiro atoms. The maximum absolute atomic E-state index is 12.9. The van der Waals surface area contributed by atoms with E-state index in [0.717, 1.165) is 11.4 Å². The lowest BCUT2D eigenvalue weighted by molar-refractivity contribution is 0.00508. The second-order valence-corrected chi connectivity index (χ2v) is 4.74. The van der Waals surface area contributed by atoms with Gasteiger partial charge in [0.1, 0.15) is 0 Å². The second kappa shape index (κ2) is 5.04. The third-order valence-electron chi connectivity index (χ3n) is 3.08. The molecule has 0 aliphatic heterocycles. The lowest BCUT2D eigenvalue weighted by atomic mass is 10.1. The monoisotopic (exact) mass is 241 g/mol. The van der Waals surface area contributed by atoms with Crippen LogP contribution in [0.25, 0.3) is 0 Å². The summed E-state index contributed by atoms with van der Waals surface area (Å²) < 4.78 is 25.9. The van der Waals surface area contributed by atoms with E-state index in [9.17, 15) is 8.78 Å². The molecule has 1 atom stereocenters. The van der Waals surface area contributed by atoms with E-state index in [1.165, 1.54) is 0 Å². The predicted octanol–water partition coefficient (Wildman–Crippen LogP) is 2.31. The molecule has 1 saturated carbocycles. The molecule has 94 valence electrons. The molecule has 0 radical (unpaired) electrons. The number of nitrogens with one attached hydrogen (secondary N) is 1. The number of halogens is 2. The van der Waals surface area contributed by atoms with Gasteiger partial charge >= 0.3 is 0 Å². The van der Waals surface area contributed by atoms with Crippen molar-refractivity contribution in [3.63, 3.8) is 0 Å². The maximum atomic E-state index is 12.9. The largest absolute Gasteiger partial charge is 0.311 e. The minimum atomic E-state index is -2.45. The molecule has 2 rings (SSSR count). The van der Waals surface area contributed by atoms with Gasteiger partial charge in [-0.2, -0.15) is 0 Å². The number of aryl methyl sites for hydroxylation is 1. The highest BCUT2D eigenvalue weighted by Gasteiger charge is 2.38. The Morgan fingerprint density at radius 1 is 1.41 bits per heavy atom. The van der Waals surface area contributed by atoms with Crippen LogP contribution >= 0.6 is 0 Å². The van der Waals surface area contributed by atoms with E-state index in [0.29, 0.717) is 19.5 Å². The molecule has 3 nitrogen and oxygen atoms in total. The van der Waals surface area contributed by atoms with Crippen molar-refractivity contribution < 1.29 is 8.78 Å². The van der Waals surface area contributed by atoms with Gasteiger partial charge in [-0.3, -0.25) is 9.97 Å². The average Bonchev–Trinajstić information content (AvgIpc) is 2.61. The summed E-state index contributed by atoms with van der Waals surface area (Å²) in [4.78, 5) is 8.33. The van der Waals surface area contributed by atoms with Crippen LogP contribution in [0, 0.1) is 12.8 Å². The molecule has 1 unspecified atom stereocenters. The first kappa shape index (κ1) is 12.4. The third-order valence-corrected chi connectivity index (χ3v) is 3.08. The average molecular weight is 241 g/mol. The van der Waals surface area contributed by atoms with Gasteiger partial charge in [0.05, 0.1) is 11.4 Å². The van der Waals surface area contributed by atoms with E-state index in [1.54, 1.807) is 12.4 Å². The molecular weight excluding hydrogens is 224 g/mol. The Hall–Kier alpha value is -1.10. The van der Waals surface area contributed by atoms with Crippen LogP contribution in [0.5, 0.6) is 0 Å². The van der Waals surface area contributed by atoms with Crippen LogP contribution in [0.1, 0.15) is 30.7 Å². The van der Waals surface area contributed by atoms with Crippen molar-refractivity contribution in [3.05, 3.63) is 23.8 Å². The molecular formula is C12H17F2N3. The Morgan fingerprint density at radius 2 is 2.24 bits per heavy atom. The quantitative estimate of drug-likeness (QED) is 0.879. The minimum absolute atomic E-state index is 0.0135. The van der Waals surface area contributed by atoms with Gasteiger partial charge in [-0.15, -0.1) is 0 Å². The van der Waals surface area contributed by atoms with Crippen molar-refractivity contribution in [2.45, 2.75) is 38.7 Å². The molecule has 0 bridgehead atoms. The van der Waals surface area contributed by atoms with Crippen LogP contribution in [-0.4, -0.2) is 22.4 Å². The highest BCUT2D eigenvalue weighted by Crippen LogP contribution is 2.38.